The van der Waals surface area contributed by atoms with E-state index >= 15 is 0 Å². The number of hydrogen-bond donors (Lipinski definition) is 0. The maximum Gasteiger partial charge on any atom is 0.166 e. The highest BCUT2D eigenvalue weighted by Gasteiger charge is 2.08. The minimum absolute atomic E-state index is 0.374. The van der Waals surface area contributed by atoms with Crippen LogP contribution in [-0.4, -0.2) is 32.2 Å². The Morgan fingerprint density at radius 3 is 3.00 bits per heavy atom. The zero-order valence-electron chi connectivity index (χ0n) is 7.77. The van der Waals surface area contributed by atoms with Gasteiger partial charge in [-0.15, -0.1) is 16.7 Å². The van der Waals surface area contributed by atoms with Crippen LogP contribution in [0.4, 0.5) is 0 Å². The molecule has 0 saturated heterocycles. The minimum Gasteiger partial charge on any atom is -0.228 e. The number of alkyl halides is 1. The van der Waals surface area contributed by atoms with Crippen molar-refractivity contribution in [3.63, 3.8) is 0 Å². The number of nitrogens with zero attached hydrogens (tertiary/aromatic N) is 4. The van der Waals surface area contributed by atoms with Crippen LogP contribution in [0.25, 0.3) is 0 Å². The molecular weight excluding hydrogens is 208 g/mol. The number of tetrazole rings is 1. The van der Waals surface area contributed by atoms with E-state index < -0.39 is 0 Å². The van der Waals surface area contributed by atoms with Gasteiger partial charge in [-0.1, -0.05) is 6.92 Å². The normalized spacial score (nSPS) is 13.2. The zero-order chi connectivity index (χ0) is 9.68. The fourth-order valence-corrected chi connectivity index (χ4v) is 1.96. The SMILES string of the molecule is CSCC(C)Cn1nnnc1CCl. The second-order valence-electron chi connectivity index (χ2n) is 2.97. The van der Waals surface area contributed by atoms with Crippen molar-refractivity contribution in [2.75, 3.05) is 12.0 Å². The monoisotopic (exact) mass is 220 g/mol. The van der Waals surface area contributed by atoms with E-state index in [-0.39, 0.29) is 0 Å². The van der Waals surface area contributed by atoms with Gasteiger partial charge in [0.05, 0.1) is 5.88 Å². The Bertz CT molecular complexity index is 252. The predicted molar refractivity (Wildman–Crippen MR) is 54.9 cm³/mol. The summed E-state index contributed by atoms with van der Waals surface area (Å²) < 4.78 is 1.77. The first kappa shape index (κ1) is 10.8. The molecule has 0 fully saturated rings. The van der Waals surface area contributed by atoms with Crippen LogP contribution in [0.1, 0.15) is 12.7 Å². The van der Waals surface area contributed by atoms with E-state index in [0.717, 1.165) is 18.1 Å². The van der Waals surface area contributed by atoms with E-state index in [2.05, 4.69) is 28.7 Å². The van der Waals surface area contributed by atoms with Crippen molar-refractivity contribution in [1.82, 2.24) is 20.2 Å². The van der Waals surface area contributed by atoms with Gasteiger partial charge in [0.15, 0.2) is 5.82 Å². The van der Waals surface area contributed by atoms with E-state index in [1.807, 2.05) is 11.8 Å². The molecule has 1 aromatic rings. The molecule has 1 atom stereocenters. The molecule has 74 valence electrons. The summed E-state index contributed by atoms with van der Waals surface area (Å²) in [4.78, 5) is 0. The lowest BCUT2D eigenvalue weighted by molar-refractivity contribution is 0.468. The van der Waals surface area contributed by atoms with E-state index in [1.54, 1.807) is 4.68 Å². The third kappa shape index (κ3) is 3.15. The third-order valence-corrected chi connectivity index (χ3v) is 2.80. The molecular formula is C7H13ClN4S. The van der Waals surface area contributed by atoms with E-state index in [9.17, 15) is 0 Å². The van der Waals surface area contributed by atoms with Crippen LogP contribution in [-0.2, 0) is 12.4 Å². The molecule has 0 bridgehead atoms. The van der Waals surface area contributed by atoms with E-state index in [4.69, 9.17) is 11.6 Å². The van der Waals surface area contributed by atoms with Gasteiger partial charge in [0, 0.05) is 6.54 Å². The maximum absolute atomic E-state index is 5.67. The third-order valence-electron chi connectivity index (χ3n) is 1.66. The smallest absolute Gasteiger partial charge is 0.166 e. The quantitative estimate of drug-likeness (QED) is 0.704. The molecule has 0 aromatic carbocycles. The Morgan fingerprint density at radius 2 is 2.38 bits per heavy atom. The predicted octanol–water partition coefficient (Wildman–Crippen LogP) is 1.41. The standard InChI is InChI=1S/C7H13ClN4S/c1-6(5-13-2)4-12-7(3-8)9-10-11-12/h6H,3-5H2,1-2H3. The molecule has 0 aliphatic carbocycles. The van der Waals surface area contributed by atoms with Crippen LogP contribution in [0, 0.1) is 5.92 Å². The fourth-order valence-electron chi connectivity index (χ4n) is 1.09. The van der Waals surface area contributed by atoms with E-state index in [0.29, 0.717) is 11.8 Å². The van der Waals surface area contributed by atoms with Gasteiger partial charge in [-0.25, -0.2) is 4.68 Å². The van der Waals surface area contributed by atoms with Crippen molar-refractivity contribution in [2.45, 2.75) is 19.3 Å². The molecule has 0 radical (unpaired) electrons. The van der Waals surface area contributed by atoms with Crippen LogP contribution >= 0.6 is 23.4 Å². The summed E-state index contributed by atoms with van der Waals surface area (Å²) in [7, 11) is 0. The first-order valence-corrected chi connectivity index (χ1v) is 6.00. The average molecular weight is 221 g/mol. The van der Waals surface area contributed by atoms with Gasteiger partial charge >= 0.3 is 0 Å². The number of rotatable bonds is 5. The summed E-state index contributed by atoms with van der Waals surface area (Å²) in [5.74, 6) is 2.80. The molecule has 0 amide bonds. The molecule has 4 nitrogen and oxygen atoms in total. The highest BCUT2D eigenvalue weighted by atomic mass is 35.5. The lowest BCUT2D eigenvalue weighted by Gasteiger charge is -2.09. The molecule has 13 heavy (non-hydrogen) atoms. The Hall–Kier alpha value is -0.290. The van der Waals surface area contributed by atoms with Crippen molar-refractivity contribution in [3.8, 4) is 0 Å². The van der Waals surface area contributed by atoms with Gasteiger partial charge in [0.2, 0.25) is 0 Å². The van der Waals surface area contributed by atoms with Crippen molar-refractivity contribution >= 4 is 23.4 Å². The molecule has 0 spiro atoms. The van der Waals surface area contributed by atoms with Gasteiger partial charge in [-0.05, 0) is 28.4 Å². The number of halogens is 1. The summed E-state index contributed by atoms with van der Waals surface area (Å²) in [6.07, 6.45) is 2.10. The Morgan fingerprint density at radius 1 is 1.62 bits per heavy atom. The zero-order valence-corrected chi connectivity index (χ0v) is 9.35. The van der Waals surface area contributed by atoms with Gasteiger partial charge in [-0.2, -0.15) is 11.8 Å². The van der Waals surface area contributed by atoms with Crippen LogP contribution in [0.5, 0.6) is 0 Å². The fraction of sp³-hybridized carbons (Fsp3) is 0.857. The van der Waals surface area contributed by atoms with Crippen molar-refractivity contribution < 1.29 is 0 Å². The highest BCUT2D eigenvalue weighted by molar-refractivity contribution is 7.98. The van der Waals surface area contributed by atoms with Crippen molar-refractivity contribution in [1.29, 1.82) is 0 Å². The number of aromatic nitrogens is 4. The topological polar surface area (TPSA) is 43.6 Å². The summed E-state index contributed by atoms with van der Waals surface area (Å²) in [5, 5.41) is 11.3. The Kier molecular flexibility index (Phi) is 4.52. The average Bonchev–Trinajstić information content (AvgIpc) is 2.52. The summed E-state index contributed by atoms with van der Waals surface area (Å²) >= 11 is 7.50. The second-order valence-corrected chi connectivity index (χ2v) is 4.15. The summed E-state index contributed by atoms with van der Waals surface area (Å²) in [6.45, 7) is 3.02. The first-order chi connectivity index (χ1) is 6.27. The maximum atomic E-state index is 5.67. The molecule has 0 saturated carbocycles. The lowest BCUT2D eigenvalue weighted by Crippen LogP contribution is -2.13. The molecule has 0 aliphatic rings. The van der Waals surface area contributed by atoms with Crippen molar-refractivity contribution in [3.05, 3.63) is 5.82 Å². The molecule has 0 N–H and O–H groups in total. The number of thioether (sulfide) groups is 1. The number of hydrogen-bond acceptors (Lipinski definition) is 4. The lowest BCUT2D eigenvalue weighted by atomic mass is 10.2. The van der Waals surface area contributed by atoms with Crippen LogP contribution < -0.4 is 0 Å². The molecule has 0 aliphatic heterocycles. The van der Waals surface area contributed by atoms with Gasteiger partial charge < -0.3 is 0 Å². The second kappa shape index (κ2) is 5.44. The highest BCUT2D eigenvalue weighted by Crippen LogP contribution is 2.08. The minimum atomic E-state index is 0.374. The Labute approximate surface area is 87.0 Å². The largest absolute Gasteiger partial charge is 0.228 e. The van der Waals surface area contributed by atoms with Gasteiger partial charge in [0.25, 0.3) is 0 Å². The van der Waals surface area contributed by atoms with Crippen LogP contribution in [0.2, 0.25) is 0 Å². The van der Waals surface area contributed by atoms with Gasteiger partial charge in [-0.3, -0.25) is 0 Å². The molecule has 1 heterocycles. The van der Waals surface area contributed by atoms with Crippen LogP contribution in [0.15, 0.2) is 0 Å². The Balaban J connectivity index is 2.52. The van der Waals surface area contributed by atoms with Gasteiger partial charge in [0.1, 0.15) is 0 Å². The molecule has 6 heteroatoms. The van der Waals surface area contributed by atoms with Crippen molar-refractivity contribution in [2.24, 2.45) is 5.92 Å². The first-order valence-electron chi connectivity index (χ1n) is 4.08. The van der Waals surface area contributed by atoms with Crippen LogP contribution in [0.3, 0.4) is 0 Å². The molecule has 1 rings (SSSR count). The summed E-state index contributed by atoms with van der Waals surface area (Å²) in [5.41, 5.74) is 0. The molecule has 1 aromatic heterocycles. The molecule has 1 unspecified atom stereocenters. The van der Waals surface area contributed by atoms with E-state index in [1.165, 1.54) is 0 Å². The summed E-state index contributed by atoms with van der Waals surface area (Å²) in [6, 6.07) is 0.